The Kier molecular flexibility index (Phi) is 9.53. The molecule has 1 saturated carbocycles. The molecule has 0 radical (unpaired) electrons. The smallest absolute Gasteiger partial charge is 0.410 e. The molecule has 46 heavy (non-hydrogen) atoms. The predicted octanol–water partition coefficient (Wildman–Crippen LogP) is 8.24. The summed E-state index contributed by atoms with van der Waals surface area (Å²) >= 11 is 0. The molecule has 1 unspecified atom stereocenters. The molecule has 252 valence electrons. The summed E-state index contributed by atoms with van der Waals surface area (Å²) in [4.78, 5) is 36.0. The van der Waals surface area contributed by atoms with Gasteiger partial charge in [-0.05, 0) is 123 Å². The molecule has 1 amide bonds. The van der Waals surface area contributed by atoms with Crippen LogP contribution in [-0.2, 0) is 32.0 Å². The van der Waals surface area contributed by atoms with E-state index in [0.717, 1.165) is 71.7 Å². The number of piperidine rings is 1. The molecule has 5 rings (SSSR count). The highest BCUT2D eigenvalue weighted by Crippen LogP contribution is 2.51. The largest absolute Gasteiger partial charge is 0.461 e. The second kappa shape index (κ2) is 12.8. The molecule has 1 aromatic carbocycles. The van der Waals surface area contributed by atoms with Gasteiger partial charge in [0.2, 0.25) is 0 Å². The minimum atomic E-state index is -0.913. The summed E-state index contributed by atoms with van der Waals surface area (Å²) in [6.45, 7) is 22.4. The first-order valence-electron chi connectivity index (χ1n) is 17.2. The van der Waals surface area contributed by atoms with Crippen molar-refractivity contribution in [3.05, 3.63) is 46.3 Å². The van der Waals surface area contributed by atoms with E-state index in [1.807, 2.05) is 62.3 Å². The van der Waals surface area contributed by atoms with Gasteiger partial charge in [0.1, 0.15) is 5.60 Å². The Hall–Kier alpha value is -3.13. The zero-order valence-electron chi connectivity index (χ0n) is 29.8. The molecule has 2 aromatic rings. The number of carbonyl (C=O) groups excluding carboxylic acids is 2. The zero-order chi connectivity index (χ0) is 33.6. The van der Waals surface area contributed by atoms with Gasteiger partial charge in [-0.15, -0.1) is 0 Å². The first-order valence-corrected chi connectivity index (χ1v) is 17.2. The number of ether oxygens (including phenoxy) is 3. The number of pyridine rings is 1. The van der Waals surface area contributed by atoms with Gasteiger partial charge >= 0.3 is 12.1 Å². The molecule has 0 bridgehead atoms. The van der Waals surface area contributed by atoms with Crippen LogP contribution in [0.5, 0.6) is 0 Å². The Morgan fingerprint density at radius 1 is 0.891 bits per heavy atom. The molecular weight excluding hydrogens is 578 g/mol. The average molecular weight is 634 g/mol. The van der Waals surface area contributed by atoms with E-state index in [2.05, 4.69) is 30.0 Å². The number of aryl methyl sites for hydroxylation is 2. The van der Waals surface area contributed by atoms with E-state index < -0.39 is 17.3 Å². The number of rotatable bonds is 6. The molecule has 3 heterocycles. The van der Waals surface area contributed by atoms with Gasteiger partial charge in [-0.1, -0.05) is 24.6 Å². The second-order valence-electron chi connectivity index (χ2n) is 16.0. The first-order chi connectivity index (χ1) is 21.5. The third kappa shape index (κ3) is 7.53. The molecule has 1 spiro atoms. The van der Waals surface area contributed by atoms with Gasteiger partial charge in [0, 0.05) is 48.7 Å². The Bertz CT molecular complexity index is 1450. The minimum absolute atomic E-state index is 0.269. The van der Waals surface area contributed by atoms with Crippen LogP contribution in [0.4, 0.5) is 10.5 Å². The van der Waals surface area contributed by atoms with Crippen molar-refractivity contribution in [1.82, 2.24) is 9.88 Å². The van der Waals surface area contributed by atoms with Gasteiger partial charge in [-0.25, -0.2) is 9.59 Å². The Balaban J connectivity index is 1.60. The summed E-state index contributed by atoms with van der Waals surface area (Å²) < 4.78 is 18.1. The number of anilines is 1. The minimum Gasteiger partial charge on any atom is -0.461 e. The van der Waals surface area contributed by atoms with E-state index in [1.165, 1.54) is 24.8 Å². The maximum atomic E-state index is 13.8. The highest BCUT2D eigenvalue weighted by Gasteiger charge is 2.42. The number of benzene rings is 1. The monoisotopic (exact) mass is 633 g/mol. The lowest BCUT2D eigenvalue weighted by Crippen LogP contribution is -2.44. The number of nitrogens with zero attached hydrogens (tertiary/aromatic N) is 3. The predicted molar refractivity (Wildman–Crippen MR) is 182 cm³/mol. The van der Waals surface area contributed by atoms with Crippen LogP contribution < -0.4 is 4.90 Å². The third-order valence-corrected chi connectivity index (χ3v) is 9.59. The molecule has 1 aliphatic carbocycles. The van der Waals surface area contributed by atoms with Crippen molar-refractivity contribution in [2.75, 3.05) is 24.5 Å². The van der Waals surface area contributed by atoms with E-state index in [9.17, 15) is 9.59 Å². The van der Waals surface area contributed by atoms with Gasteiger partial charge in [-0.3, -0.25) is 4.98 Å². The summed E-state index contributed by atoms with van der Waals surface area (Å²) in [5.74, 6) is -0.383. The summed E-state index contributed by atoms with van der Waals surface area (Å²) in [5, 5.41) is 0. The molecule has 1 aromatic heterocycles. The lowest BCUT2D eigenvalue weighted by Gasteiger charge is -2.49. The lowest BCUT2D eigenvalue weighted by atomic mass is 9.63. The normalized spacial score (nSPS) is 18.7. The number of hydrogen-bond acceptors (Lipinski definition) is 7. The molecule has 2 fully saturated rings. The number of fused-ring (bicyclic) bond motifs is 1. The lowest BCUT2D eigenvalue weighted by molar-refractivity contribution is -0.171. The van der Waals surface area contributed by atoms with Crippen molar-refractivity contribution >= 4 is 17.7 Å². The number of carbonyl (C=O) groups is 2. The van der Waals surface area contributed by atoms with Gasteiger partial charge in [-0.2, -0.15) is 0 Å². The summed E-state index contributed by atoms with van der Waals surface area (Å²) in [6, 6.07) is 6.55. The fourth-order valence-corrected chi connectivity index (χ4v) is 7.28. The maximum Gasteiger partial charge on any atom is 0.410 e. The van der Waals surface area contributed by atoms with E-state index >= 15 is 0 Å². The molecule has 0 N–H and O–H groups in total. The molecule has 8 heteroatoms. The highest BCUT2D eigenvalue weighted by atomic mass is 16.6. The first kappa shape index (κ1) is 34.2. The van der Waals surface area contributed by atoms with Crippen molar-refractivity contribution in [2.24, 2.45) is 5.41 Å². The Morgan fingerprint density at radius 3 is 2.13 bits per heavy atom. The van der Waals surface area contributed by atoms with Gasteiger partial charge in [0.15, 0.2) is 6.10 Å². The summed E-state index contributed by atoms with van der Waals surface area (Å²) in [5.41, 5.74) is 7.38. The van der Waals surface area contributed by atoms with E-state index in [-0.39, 0.29) is 18.2 Å². The zero-order valence-corrected chi connectivity index (χ0v) is 29.8. The van der Waals surface area contributed by atoms with Crippen molar-refractivity contribution in [2.45, 2.75) is 138 Å². The summed E-state index contributed by atoms with van der Waals surface area (Å²) in [6.07, 6.45) is 5.54. The van der Waals surface area contributed by atoms with Crippen LogP contribution in [0.15, 0.2) is 18.2 Å². The van der Waals surface area contributed by atoms with Crippen LogP contribution >= 0.6 is 0 Å². The maximum absolute atomic E-state index is 13.8. The third-order valence-electron chi connectivity index (χ3n) is 9.59. The Morgan fingerprint density at radius 2 is 1.57 bits per heavy atom. The average Bonchev–Trinajstić information content (AvgIpc) is 2.93. The quantitative estimate of drug-likeness (QED) is 0.296. The molecular formula is C38H55N3O5. The molecule has 2 aliphatic heterocycles. The summed E-state index contributed by atoms with van der Waals surface area (Å²) in [7, 11) is 0. The number of esters is 1. The second-order valence-corrected chi connectivity index (χ2v) is 16.0. The number of amides is 1. The standard InChI is InChI=1S/C38H55N3O5/c1-24(2)44-34(42)33(45-36(5,6)7)31-26(4)39-25(3)30(32(31)40-20-17-38(18-21-40)15-11-16-38)28-12-13-29-23-41(19-14-27(29)22-28)35(43)46-37(8,9)10/h12-13,22,24,33H,11,14-21,23H2,1-10H3. The molecule has 1 saturated heterocycles. The fraction of sp³-hybridized carbons (Fsp3) is 0.658. The van der Waals surface area contributed by atoms with Crippen LogP contribution in [0.1, 0.15) is 122 Å². The van der Waals surface area contributed by atoms with Crippen molar-refractivity contribution in [3.63, 3.8) is 0 Å². The topological polar surface area (TPSA) is 81.2 Å². The van der Waals surface area contributed by atoms with Gasteiger partial charge < -0.3 is 24.0 Å². The number of aromatic nitrogens is 1. The molecule has 1 atom stereocenters. The van der Waals surface area contributed by atoms with E-state index in [0.29, 0.717) is 18.5 Å². The van der Waals surface area contributed by atoms with Crippen LogP contribution in [0.25, 0.3) is 11.1 Å². The van der Waals surface area contributed by atoms with Crippen molar-refractivity contribution in [1.29, 1.82) is 0 Å². The van der Waals surface area contributed by atoms with E-state index in [1.54, 1.807) is 4.90 Å². The van der Waals surface area contributed by atoms with Crippen LogP contribution in [0, 0.1) is 19.3 Å². The molecule has 8 nitrogen and oxygen atoms in total. The van der Waals surface area contributed by atoms with Crippen LogP contribution in [-0.4, -0.2) is 58.9 Å². The van der Waals surface area contributed by atoms with Gasteiger partial charge in [0.25, 0.3) is 0 Å². The van der Waals surface area contributed by atoms with Crippen molar-refractivity contribution in [3.8, 4) is 11.1 Å². The fourth-order valence-electron chi connectivity index (χ4n) is 7.28. The van der Waals surface area contributed by atoms with Gasteiger partial charge in [0.05, 0.1) is 17.4 Å². The van der Waals surface area contributed by atoms with E-state index in [4.69, 9.17) is 19.2 Å². The highest BCUT2D eigenvalue weighted by molar-refractivity contribution is 5.88. The SMILES string of the molecule is Cc1nc(C)c(C(OC(C)(C)C)C(=O)OC(C)C)c(N2CCC3(CCC3)CC2)c1-c1ccc2c(c1)CCN(C(=O)OC(C)(C)C)C2. The Labute approximate surface area is 276 Å². The molecule has 3 aliphatic rings. The van der Waals surface area contributed by atoms with Crippen molar-refractivity contribution < 1.29 is 23.8 Å². The number of hydrogen-bond donors (Lipinski definition) is 0. The van der Waals surface area contributed by atoms with Crippen LogP contribution in [0.3, 0.4) is 0 Å². The van der Waals surface area contributed by atoms with Crippen LogP contribution in [0.2, 0.25) is 0 Å².